The molecule has 3 unspecified atom stereocenters. The number of hydrogen-bond acceptors (Lipinski definition) is 4. The first-order chi connectivity index (χ1) is 8.31. The van der Waals surface area contributed by atoms with Crippen molar-refractivity contribution in [2.24, 2.45) is 5.92 Å². The molecule has 3 fully saturated rings. The van der Waals surface area contributed by atoms with Crippen molar-refractivity contribution in [3.8, 4) is 0 Å². The summed E-state index contributed by atoms with van der Waals surface area (Å²) in [6, 6.07) is 0.707. The van der Waals surface area contributed by atoms with Gasteiger partial charge in [-0.15, -0.1) is 0 Å². The van der Waals surface area contributed by atoms with Gasteiger partial charge in [0.25, 0.3) is 0 Å². The molecule has 3 atom stereocenters. The van der Waals surface area contributed by atoms with E-state index in [9.17, 15) is 5.11 Å². The molecular formula is C13H23NO2S. The van der Waals surface area contributed by atoms with Crippen molar-refractivity contribution in [3.05, 3.63) is 0 Å². The maximum absolute atomic E-state index is 9.23. The summed E-state index contributed by atoms with van der Waals surface area (Å²) in [5.74, 6) is 2.99. The topological polar surface area (TPSA) is 32.7 Å². The summed E-state index contributed by atoms with van der Waals surface area (Å²) in [5.41, 5.74) is 0.199. The SMILES string of the molecule is OCC1CCN(C2CCOC3(CCSC3)C2)C1. The fourth-order valence-electron chi connectivity index (χ4n) is 3.52. The number of likely N-dealkylation sites (tertiary alicyclic amines) is 1. The van der Waals surface area contributed by atoms with Gasteiger partial charge in [-0.3, -0.25) is 4.90 Å². The lowest BCUT2D eigenvalue weighted by molar-refractivity contribution is -0.0873. The molecule has 4 heteroatoms. The zero-order valence-corrected chi connectivity index (χ0v) is 11.3. The molecule has 0 radical (unpaired) electrons. The first kappa shape index (κ1) is 12.3. The third-order valence-electron chi connectivity index (χ3n) is 4.63. The molecule has 98 valence electrons. The molecule has 17 heavy (non-hydrogen) atoms. The second kappa shape index (κ2) is 5.08. The molecule has 0 aromatic heterocycles. The van der Waals surface area contributed by atoms with Crippen LogP contribution in [0.1, 0.15) is 25.7 Å². The Kier molecular flexibility index (Phi) is 3.67. The average molecular weight is 257 g/mol. The van der Waals surface area contributed by atoms with Crippen LogP contribution in [0.2, 0.25) is 0 Å². The molecule has 0 bridgehead atoms. The van der Waals surface area contributed by atoms with Gasteiger partial charge in [0.15, 0.2) is 0 Å². The number of ether oxygens (including phenoxy) is 1. The molecule has 3 aliphatic rings. The van der Waals surface area contributed by atoms with Gasteiger partial charge in [0.05, 0.1) is 5.60 Å². The van der Waals surface area contributed by atoms with E-state index in [2.05, 4.69) is 4.90 Å². The standard InChI is InChI=1S/C13H23NO2S/c15-9-11-1-4-14(8-11)12-2-5-16-13(7-12)3-6-17-10-13/h11-12,15H,1-10H2. The second-order valence-corrected chi connectivity index (χ2v) is 6.92. The zero-order chi connectivity index (χ0) is 11.7. The van der Waals surface area contributed by atoms with Crippen molar-refractivity contribution in [2.45, 2.75) is 37.3 Å². The minimum atomic E-state index is 0.199. The Morgan fingerprint density at radius 1 is 1.41 bits per heavy atom. The Balaban J connectivity index is 1.60. The van der Waals surface area contributed by atoms with Gasteiger partial charge in [-0.05, 0) is 43.9 Å². The van der Waals surface area contributed by atoms with Gasteiger partial charge >= 0.3 is 0 Å². The van der Waals surface area contributed by atoms with Gasteiger partial charge < -0.3 is 9.84 Å². The van der Waals surface area contributed by atoms with Crippen molar-refractivity contribution in [3.63, 3.8) is 0 Å². The first-order valence-electron chi connectivity index (χ1n) is 6.88. The van der Waals surface area contributed by atoms with Crippen LogP contribution in [-0.4, -0.2) is 59.5 Å². The van der Waals surface area contributed by atoms with Crippen LogP contribution in [0.4, 0.5) is 0 Å². The highest BCUT2D eigenvalue weighted by atomic mass is 32.2. The van der Waals surface area contributed by atoms with Gasteiger partial charge in [0, 0.05) is 31.6 Å². The summed E-state index contributed by atoms with van der Waals surface area (Å²) in [7, 11) is 0. The smallest absolute Gasteiger partial charge is 0.0795 e. The van der Waals surface area contributed by atoms with Crippen LogP contribution < -0.4 is 0 Å². The van der Waals surface area contributed by atoms with Gasteiger partial charge in [0.1, 0.15) is 0 Å². The van der Waals surface area contributed by atoms with Gasteiger partial charge in [0.2, 0.25) is 0 Å². The molecule has 0 saturated carbocycles. The fourth-order valence-corrected chi connectivity index (χ4v) is 4.90. The monoisotopic (exact) mass is 257 g/mol. The van der Waals surface area contributed by atoms with Crippen LogP contribution in [0, 0.1) is 5.92 Å². The van der Waals surface area contributed by atoms with E-state index in [0.717, 1.165) is 13.2 Å². The summed E-state index contributed by atoms with van der Waals surface area (Å²) in [5, 5.41) is 9.23. The molecule has 3 aliphatic heterocycles. The molecule has 1 N–H and O–H groups in total. The predicted molar refractivity (Wildman–Crippen MR) is 70.4 cm³/mol. The van der Waals surface area contributed by atoms with Crippen LogP contribution in [0.25, 0.3) is 0 Å². The van der Waals surface area contributed by atoms with Gasteiger partial charge in [-0.1, -0.05) is 0 Å². The van der Waals surface area contributed by atoms with E-state index in [4.69, 9.17) is 4.74 Å². The molecule has 3 rings (SSSR count). The molecule has 1 spiro atoms. The molecule has 0 aromatic carbocycles. The van der Waals surface area contributed by atoms with Crippen LogP contribution in [0.5, 0.6) is 0 Å². The highest BCUT2D eigenvalue weighted by molar-refractivity contribution is 7.99. The second-order valence-electron chi connectivity index (χ2n) is 5.81. The Bertz CT molecular complexity index is 268. The summed E-state index contributed by atoms with van der Waals surface area (Å²) in [6.45, 7) is 3.58. The Morgan fingerprint density at radius 3 is 3.06 bits per heavy atom. The number of hydrogen-bond donors (Lipinski definition) is 1. The van der Waals surface area contributed by atoms with Crippen LogP contribution >= 0.6 is 11.8 Å². The number of rotatable bonds is 2. The summed E-state index contributed by atoms with van der Waals surface area (Å²) >= 11 is 2.05. The van der Waals surface area contributed by atoms with E-state index in [-0.39, 0.29) is 5.60 Å². The van der Waals surface area contributed by atoms with E-state index < -0.39 is 0 Å². The van der Waals surface area contributed by atoms with Crippen molar-refractivity contribution >= 4 is 11.8 Å². The van der Waals surface area contributed by atoms with Crippen LogP contribution in [0.15, 0.2) is 0 Å². The molecule has 0 amide bonds. The summed E-state index contributed by atoms with van der Waals surface area (Å²) in [6.07, 6.45) is 4.82. The number of thioether (sulfide) groups is 1. The van der Waals surface area contributed by atoms with Crippen molar-refractivity contribution < 1.29 is 9.84 Å². The van der Waals surface area contributed by atoms with Crippen LogP contribution in [-0.2, 0) is 4.74 Å². The van der Waals surface area contributed by atoms with E-state index in [1.807, 2.05) is 11.8 Å². The van der Waals surface area contributed by atoms with Crippen molar-refractivity contribution in [1.82, 2.24) is 4.90 Å². The number of aliphatic hydroxyl groups is 1. The molecular weight excluding hydrogens is 234 g/mol. The van der Waals surface area contributed by atoms with Crippen molar-refractivity contribution in [2.75, 3.05) is 37.8 Å². The molecule has 3 saturated heterocycles. The van der Waals surface area contributed by atoms with E-state index in [0.29, 0.717) is 18.6 Å². The lowest BCUT2D eigenvalue weighted by atomic mass is 9.89. The molecule has 3 heterocycles. The van der Waals surface area contributed by atoms with Crippen LogP contribution in [0.3, 0.4) is 0 Å². The highest BCUT2D eigenvalue weighted by Crippen LogP contribution is 2.40. The van der Waals surface area contributed by atoms with Gasteiger partial charge in [-0.25, -0.2) is 0 Å². The molecule has 0 aromatic rings. The third-order valence-corrected chi connectivity index (χ3v) is 5.85. The van der Waals surface area contributed by atoms with E-state index in [1.54, 1.807) is 0 Å². The first-order valence-corrected chi connectivity index (χ1v) is 8.03. The molecule has 3 nitrogen and oxygen atoms in total. The summed E-state index contributed by atoms with van der Waals surface area (Å²) < 4.78 is 6.07. The minimum Gasteiger partial charge on any atom is -0.396 e. The Morgan fingerprint density at radius 2 is 2.35 bits per heavy atom. The fraction of sp³-hybridized carbons (Fsp3) is 1.00. The largest absolute Gasteiger partial charge is 0.396 e. The van der Waals surface area contributed by atoms with E-state index in [1.165, 1.54) is 43.7 Å². The maximum Gasteiger partial charge on any atom is 0.0795 e. The highest BCUT2D eigenvalue weighted by Gasteiger charge is 2.42. The van der Waals surface area contributed by atoms with E-state index >= 15 is 0 Å². The third kappa shape index (κ3) is 2.50. The van der Waals surface area contributed by atoms with Crippen molar-refractivity contribution in [1.29, 1.82) is 0 Å². The normalized spacial score (nSPS) is 43.6. The quantitative estimate of drug-likeness (QED) is 0.809. The van der Waals surface area contributed by atoms with Gasteiger partial charge in [-0.2, -0.15) is 11.8 Å². The number of aliphatic hydroxyl groups excluding tert-OH is 1. The minimum absolute atomic E-state index is 0.199. The lowest BCUT2D eigenvalue weighted by Crippen LogP contribution is -2.48. The lowest BCUT2D eigenvalue weighted by Gasteiger charge is -2.41. The molecule has 0 aliphatic carbocycles. The Hall–Kier alpha value is 0.230. The maximum atomic E-state index is 9.23. The summed E-state index contributed by atoms with van der Waals surface area (Å²) in [4.78, 5) is 2.61. The Labute approximate surface area is 108 Å². The zero-order valence-electron chi connectivity index (χ0n) is 10.4. The predicted octanol–water partition coefficient (Wildman–Crippen LogP) is 1.36. The number of nitrogens with zero attached hydrogens (tertiary/aromatic N) is 1. The average Bonchev–Trinajstić information content (AvgIpc) is 2.99.